The fourth-order valence-electron chi connectivity index (χ4n) is 4.42. The number of hydrogen-bond acceptors (Lipinski definition) is 3. The molecule has 0 radical (unpaired) electrons. The molecule has 1 N–H and O–H groups in total. The van der Waals surface area contributed by atoms with Gasteiger partial charge >= 0.3 is 6.18 Å². The summed E-state index contributed by atoms with van der Waals surface area (Å²) in [7, 11) is 0. The van der Waals surface area contributed by atoms with Gasteiger partial charge in [-0.05, 0) is 36.8 Å². The summed E-state index contributed by atoms with van der Waals surface area (Å²) in [6, 6.07) is 12.9. The number of anilines is 1. The molecule has 5 rings (SSSR count). The van der Waals surface area contributed by atoms with Crippen LogP contribution in [-0.2, 0) is 12.7 Å². The molecule has 0 aliphatic carbocycles. The lowest BCUT2D eigenvalue weighted by atomic mass is 10.1. The van der Waals surface area contributed by atoms with Crippen molar-refractivity contribution >= 4 is 22.2 Å². The zero-order valence-electron chi connectivity index (χ0n) is 16.8. The standard InChI is InChI=1S/C23H21F3N4O/c24-23(25,26)17-4-3-5-18(14-17)29-12-10-28(11-13-29)15-16-8-9-30-21(16)27-20-7-2-1-6-19(20)22(30)31/h1-7,14-15H,8-13H2/p+1. The number of nitrogens with zero attached hydrogens (tertiary/aromatic N) is 3. The van der Waals surface area contributed by atoms with Crippen LogP contribution in [0.25, 0.3) is 16.5 Å². The molecule has 3 aromatic rings. The Bertz CT molecular complexity index is 1220. The smallest absolute Gasteiger partial charge is 0.360 e. The van der Waals surface area contributed by atoms with Crippen LogP contribution in [-0.4, -0.2) is 35.7 Å². The molecule has 2 aromatic carbocycles. The van der Waals surface area contributed by atoms with E-state index in [2.05, 4.69) is 6.20 Å². The number of quaternary nitrogens is 1. The molecule has 0 bridgehead atoms. The van der Waals surface area contributed by atoms with Gasteiger partial charge in [-0.15, -0.1) is 0 Å². The molecule has 0 saturated carbocycles. The Morgan fingerprint density at radius 1 is 1.00 bits per heavy atom. The SMILES string of the molecule is O=c1c2ccccc2nc2n1CCC2=C[NH+]1CCN(c2cccc(C(F)(F)F)c2)CC1. The van der Waals surface area contributed by atoms with E-state index >= 15 is 0 Å². The molecular weight excluding hydrogens is 405 g/mol. The summed E-state index contributed by atoms with van der Waals surface area (Å²) in [5, 5.41) is 0.634. The van der Waals surface area contributed by atoms with Gasteiger partial charge in [-0.3, -0.25) is 9.36 Å². The Hall–Kier alpha value is -3.13. The average molecular weight is 427 g/mol. The van der Waals surface area contributed by atoms with Crippen molar-refractivity contribution in [2.45, 2.75) is 19.1 Å². The van der Waals surface area contributed by atoms with Crippen LogP contribution in [0, 0.1) is 0 Å². The minimum atomic E-state index is -4.33. The highest BCUT2D eigenvalue weighted by Crippen LogP contribution is 2.31. The quantitative estimate of drug-likeness (QED) is 0.684. The number of allylic oxidation sites excluding steroid dienone is 1. The molecule has 8 heteroatoms. The molecule has 160 valence electrons. The Kier molecular flexibility index (Phi) is 4.81. The fourth-order valence-corrected chi connectivity index (χ4v) is 4.42. The van der Waals surface area contributed by atoms with Gasteiger partial charge in [-0.1, -0.05) is 18.2 Å². The molecule has 3 heterocycles. The van der Waals surface area contributed by atoms with Gasteiger partial charge in [0.15, 0.2) is 0 Å². The molecule has 0 amide bonds. The Balaban J connectivity index is 1.34. The number of nitrogens with one attached hydrogen (secondary N) is 1. The lowest BCUT2D eigenvalue weighted by Crippen LogP contribution is -3.10. The number of halogens is 3. The van der Waals surface area contributed by atoms with E-state index in [0.717, 1.165) is 37.0 Å². The maximum atomic E-state index is 13.0. The van der Waals surface area contributed by atoms with Crippen molar-refractivity contribution in [2.75, 3.05) is 31.1 Å². The predicted molar refractivity (Wildman–Crippen MR) is 113 cm³/mol. The maximum absolute atomic E-state index is 13.0. The average Bonchev–Trinajstić information content (AvgIpc) is 3.17. The summed E-state index contributed by atoms with van der Waals surface area (Å²) >= 11 is 0. The first-order valence-electron chi connectivity index (χ1n) is 10.4. The van der Waals surface area contributed by atoms with Gasteiger partial charge in [0, 0.05) is 17.8 Å². The highest BCUT2D eigenvalue weighted by atomic mass is 19.4. The second kappa shape index (κ2) is 7.53. The third kappa shape index (κ3) is 3.72. The Labute approximate surface area is 177 Å². The summed E-state index contributed by atoms with van der Waals surface area (Å²) in [4.78, 5) is 20.7. The topological polar surface area (TPSA) is 42.6 Å². The summed E-state index contributed by atoms with van der Waals surface area (Å²) in [6.45, 7) is 3.51. The first-order valence-corrected chi connectivity index (χ1v) is 10.4. The largest absolute Gasteiger partial charge is 0.416 e. The first-order chi connectivity index (χ1) is 14.9. The van der Waals surface area contributed by atoms with E-state index in [1.165, 1.54) is 17.0 Å². The van der Waals surface area contributed by atoms with Gasteiger partial charge in [0.25, 0.3) is 5.56 Å². The van der Waals surface area contributed by atoms with Gasteiger partial charge in [-0.25, -0.2) is 4.98 Å². The lowest BCUT2D eigenvalue weighted by Gasteiger charge is -2.32. The molecule has 0 spiro atoms. The fraction of sp³-hybridized carbons (Fsp3) is 0.304. The van der Waals surface area contributed by atoms with Gasteiger partial charge in [0.2, 0.25) is 0 Å². The van der Waals surface area contributed by atoms with Crippen LogP contribution < -0.4 is 15.4 Å². The van der Waals surface area contributed by atoms with Crippen LogP contribution in [0.1, 0.15) is 17.8 Å². The summed E-state index contributed by atoms with van der Waals surface area (Å²) in [5.41, 5.74) is 1.75. The molecule has 1 aromatic heterocycles. The molecule has 2 aliphatic rings. The van der Waals surface area contributed by atoms with Crippen LogP contribution in [0.4, 0.5) is 18.9 Å². The molecular formula is C23H22F3N4O+. The van der Waals surface area contributed by atoms with Gasteiger partial charge in [0.1, 0.15) is 12.0 Å². The second-order valence-corrected chi connectivity index (χ2v) is 8.02. The van der Waals surface area contributed by atoms with E-state index in [1.54, 1.807) is 16.7 Å². The Morgan fingerprint density at radius 3 is 2.55 bits per heavy atom. The van der Waals surface area contributed by atoms with E-state index in [0.29, 0.717) is 36.2 Å². The molecule has 5 nitrogen and oxygen atoms in total. The van der Waals surface area contributed by atoms with Gasteiger partial charge in [-0.2, -0.15) is 13.2 Å². The van der Waals surface area contributed by atoms with Crippen molar-refractivity contribution in [3.05, 3.63) is 76.5 Å². The number of benzene rings is 2. The summed E-state index contributed by atoms with van der Waals surface area (Å²) in [5.74, 6) is 0.733. The van der Waals surface area contributed by atoms with Crippen molar-refractivity contribution in [3.63, 3.8) is 0 Å². The second-order valence-electron chi connectivity index (χ2n) is 8.02. The number of fused-ring (bicyclic) bond motifs is 2. The first kappa shape index (κ1) is 19.8. The monoisotopic (exact) mass is 427 g/mol. The highest BCUT2D eigenvalue weighted by Gasteiger charge is 2.31. The van der Waals surface area contributed by atoms with Crippen LogP contribution in [0.2, 0.25) is 0 Å². The van der Waals surface area contributed by atoms with E-state index in [1.807, 2.05) is 23.1 Å². The number of piperazine rings is 1. The number of aromatic nitrogens is 2. The summed E-state index contributed by atoms with van der Waals surface area (Å²) < 4.78 is 40.8. The Morgan fingerprint density at radius 2 is 1.77 bits per heavy atom. The highest BCUT2D eigenvalue weighted by molar-refractivity contribution is 5.79. The predicted octanol–water partition coefficient (Wildman–Crippen LogP) is 2.57. The van der Waals surface area contributed by atoms with Gasteiger partial charge in [0.05, 0.1) is 42.6 Å². The normalized spacial score (nSPS) is 18.7. The molecule has 2 aliphatic heterocycles. The molecule has 31 heavy (non-hydrogen) atoms. The third-order valence-electron chi connectivity index (χ3n) is 6.08. The maximum Gasteiger partial charge on any atom is 0.416 e. The van der Waals surface area contributed by atoms with E-state index in [-0.39, 0.29) is 5.56 Å². The lowest BCUT2D eigenvalue weighted by molar-refractivity contribution is -0.847. The van der Waals surface area contributed by atoms with Crippen LogP contribution in [0.3, 0.4) is 0 Å². The van der Waals surface area contributed by atoms with Crippen LogP contribution in [0.5, 0.6) is 0 Å². The number of para-hydroxylation sites is 1. The zero-order valence-corrected chi connectivity index (χ0v) is 16.8. The van der Waals surface area contributed by atoms with Crippen molar-refractivity contribution in [1.29, 1.82) is 0 Å². The number of alkyl halides is 3. The van der Waals surface area contributed by atoms with Crippen molar-refractivity contribution < 1.29 is 18.1 Å². The molecule has 1 saturated heterocycles. The van der Waals surface area contributed by atoms with Crippen LogP contribution >= 0.6 is 0 Å². The number of rotatable bonds is 2. The number of hydrogen-bond donors (Lipinski definition) is 1. The van der Waals surface area contributed by atoms with Gasteiger partial charge < -0.3 is 9.80 Å². The van der Waals surface area contributed by atoms with E-state index in [9.17, 15) is 18.0 Å². The van der Waals surface area contributed by atoms with Crippen molar-refractivity contribution in [3.8, 4) is 0 Å². The minimum absolute atomic E-state index is 0.00614. The van der Waals surface area contributed by atoms with E-state index < -0.39 is 11.7 Å². The molecule has 0 atom stereocenters. The molecule has 1 fully saturated rings. The summed E-state index contributed by atoms with van der Waals surface area (Å²) in [6.07, 6.45) is -1.43. The minimum Gasteiger partial charge on any atom is -0.360 e. The molecule has 0 unspecified atom stereocenters. The van der Waals surface area contributed by atoms with E-state index in [4.69, 9.17) is 4.98 Å². The van der Waals surface area contributed by atoms with Crippen LogP contribution in [0.15, 0.2) is 59.5 Å². The zero-order chi connectivity index (χ0) is 21.6. The van der Waals surface area contributed by atoms with Crippen molar-refractivity contribution in [2.24, 2.45) is 0 Å². The third-order valence-corrected chi connectivity index (χ3v) is 6.08. The van der Waals surface area contributed by atoms with Crippen molar-refractivity contribution in [1.82, 2.24) is 9.55 Å².